The number of amides is 2. The Labute approximate surface area is 236 Å². The van der Waals surface area contributed by atoms with Crippen LogP contribution >= 0.6 is 18.7 Å². The zero-order chi connectivity index (χ0) is 29.2. The number of benzene rings is 2. The van der Waals surface area contributed by atoms with E-state index in [1.165, 1.54) is 24.0 Å². The van der Waals surface area contributed by atoms with Crippen LogP contribution in [0.4, 0.5) is 8.78 Å². The minimum absolute atomic E-state index is 0.0513. The molecule has 4 rings (SSSR count). The summed E-state index contributed by atoms with van der Waals surface area (Å²) in [6, 6.07) is 8.37. The van der Waals surface area contributed by atoms with Gasteiger partial charge in [0.2, 0.25) is 11.8 Å². The molecular weight excluding hydrogens is 563 g/mol. The third-order valence-electron chi connectivity index (χ3n) is 7.07. The van der Waals surface area contributed by atoms with Crippen LogP contribution < -0.4 is 10.1 Å². The number of Topliss-reactive ketones (excluding diaryl/α,β-unsaturated/α-hetero) is 1. The van der Waals surface area contributed by atoms with Gasteiger partial charge in [-0.15, -0.1) is 0 Å². The van der Waals surface area contributed by atoms with E-state index in [0.717, 1.165) is 0 Å². The molecule has 3 atom stereocenters. The number of alkyl halides is 1. The third kappa shape index (κ3) is 6.56. The van der Waals surface area contributed by atoms with Gasteiger partial charge in [-0.1, -0.05) is 30.7 Å². The summed E-state index contributed by atoms with van der Waals surface area (Å²) in [5.41, 5.74) is 1.10. The van der Waals surface area contributed by atoms with Crippen molar-refractivity contribution in [3.05, 3.63) is 64.6 Å². The summed E-state index contributed by atoms with van der Waals surface area (Å²) >= 11 is 5.80. The predicted molar refractivity (Wildman–Crippen MR) is 150 cm³/mol. The lowest BCUT2D eigenvalue weighted by atomic mass is 10.1. The van der Waals surface area contributed by atoms with Gasteiger partial charge < -0.3 is 24.1 Å². The van der Waals surface area contributed by atoms with Crippen LogP contribution in [0.1, 0.15) is 36.2 Å². The summed E-state index contributed by atoms with van der Waals surface area (Å²) in [7, 11) is -2.46. The zero-order valence-electron chi connectivity index (χ0n) is 22.5. The second kappa shape index (κ2) is 12.1. The number of carbonyl (C=O) groups excluding carboxylic acids is 3. The molecule has 0 aliphatic carbocycles. The van der Waals surface area contributed by atoms with E-state index in [2.05, 4.69) is 5.32 Å². The van der Waals surface area contributed by atoms with Crippen LogP contribution in [-0.4, -0.2) is 65.0 Å². The van der Waals surface area contributed by atoms with Gasteiger partial charge in [-0.3, -0.25) is 14.4 Å². The Morgan fingerprint density at radius 3 is 2.67 bits per heavy atom. The maximum Gasteiger partial charge on any atom is 0.243 e. The second-order valence-corrected chi connectivity index (χ2v) is 14.0. The maximum absolute atomic E-state index is 14.4. The summed E-state index contributed by atoms with van der Waals surface area (Å²) in [6.45, 7) is 4.21. The first-order valence-electron chi connectivity index (χ1n) is 12.9. The van der Waals surface area contributed by atoms with Crippen LogP contribution in [-0.2, 0) is 27.2 Å². The van der Waals surface area contributed by atoms with Crippen molar-refractivity contribution in [2.75, 3.05) is 25.7 Å². The molecule has 0 spiro atoms. The molecule has 40 heavy (non-hydrogen) atoms. The standard InChI is InChI=1S/C28H31ClF2N3O5P/c1-4-40(3,38)16-39-20-8-9-21-22(17(2)35)14-33(24(21)11-20)15-26(36)34-13-19(30)10-25(34)28(37)32-12-18-6-5-7-23(29)27(18)31/h5-9,11,14,19,25H,4,10,12-13,15-16H2,1-3H3,(H,32,37)/t19-,25+,40?/m1/s1. The molecular formula is C28H31ClF2N3O5P. The number of aromatic nitrogens is 1. The minimum Gasteiger partial charge on any atom is -0.486 e. The first kappa shape index (κ1) is 29.7. The quantitative estimate of drug-likeness (QED) is 0.256. The summed E-state index contributed by atoms with van der Waals surface area (Å²) in [5.74, 6) is -1.56. The van der Waals surface area contributed by atoms with Crippen LogP contribution in [0, 0.1) is 5.82 Å². The van der Waals surface area contributed by atoms with Crippen molar-refractivity contribution in [1.29, 1.82) is 0 Å². The lowest BCUT2D eigenvalue weighted by Crippen LogP contribution is -2.46. The van der Waals surface area contributed by atoms with Gasteiger partial charge in [-0.25, -0.2) is 8.78 Å². The van der Waals surface area contributed by atoms with Crippen LogP contribution in [0.2, 0.25) is 5.02 Å². The molecule has 1 fully saturated rings. The Bertz CT molecular complexity index is 1510. The van der Waals surface area contributed by atoms with Crippen LogP contribution in [0.25, 0.3) is 10.9 Å². The van der Waals surface area contributed by atoms with Crippen molar-refractivity contribution < 1.29 is 32.5 Å². The Hall–Kier alpha value is -3.23. The van der Waals surface area contributed by atoms with Crippen LogP contribution in [0.5, 0.6) is 5.75 Å². The van der Waals surface area contributed by atoms with Gasteiger partial charge in [0.15, 0.2) is 5.78 Å². The average Bonchev–Trinajstić information content (AvgIpc) is 3.49. The van der Waals surface area contributed by atoms with E-state index >= 15 is 0 Å². The molecule has 1 aliphatic rings. The fourth-order valence-corrected chi connectivity index (χ4v) is 5.40. The molecule has 0 bridgehead atoms. The predicted octanol–water partition coefficient (Wildman–Crippen LogP) is 5.24. The molecule has 2 heterocycles. The van der Waals surface area contributed by atoms with Crippen LogP contribution in [0.15, 0.2) is 42.6 Å². The molecule has 1 N–H and O–H groups in total. The monoisotopic (exact) mass is 593 g/mol. The number of nitrogens with zero attached hydrogens (tertiary/aromatic N) is 2. The Morgan fingerprint density at radius 2 is 1.98 bits per heavy atom. The summed E-state index contributed by atoms with van der Waals surface area (Å²) < 4.78 is 48.4. The fraction of sp³-hybridized carbons (Fsp3) is 0.393. The minimum atomic E-state index is -2.46. The van der Waals surface area contributed by atoms with E-state index in [1.807, 2.05) is 6.92 Å². The number of likely N-dealkylation sites (tertiary alicyclic amines) is 1. The first-order valence-corrected chi connectivity index (χ1v) is 15.8. The number of ether oxygens (including phenoxy) is 1. The zero-order valence-corrected chi connectivity index (χ0v) is 24.1. The van der Waals surface area contributed by atoms with Gasteiger partial charge >= 0.3 is 0 Å². The highest BCUT2D eigenvalue weighted by Gasteiger charge is 2.39. The molecule has 3 aromatic rings. The first-order chi connectivity index (χ1) is 18.9. The van der Waals surface area contributed by atoms with Crippen molar-refractivity contribution in [2.24, 2.45) is 0 Å². The number of halogens is 3. The molecule has 2 aromatic carbocycles. The molecule has 8 nitrogen and oxygen atoms in total. The number of fused-ring (bicyclic) bond motifs is 1. The molecule has 1 unspecified atom stereocenters. The van der Waals surface area contributed by atoms with Crippen molar-refractivity contribution in [3.63, 3.8) is 0 Å². The largest absolute Gasteiger partial charge is 0.486 e. The molecule has 1 aliphatic heterocycles. The Morgan fingerprint density at radius 1 is 1.23 bits per heavy atom. The highest BCUT2D eigenvalue weighted by molar-refractivity contribution is 7.62. The van der Waals surface area contributed by atoms with E-state index in [-0.39, 0.29) is 48.8 Å². The summed E-state index contributed by atoms with van der Waals surface area (Å²) in [4.78, 5) is 39.8. The normalized spacial score (nSPS) is 18.5. The number of carbonyl (C=O) groups is 3. The van der Waals surface area contributed by atoms with Gasteiger partial charge in [0.1, 0.15) is 43.8 Å². The van der Waals surface area contributed by atoms with Gasteiger partial charge in [-0.05, 0) is 31.8 Å². The van der Waals surface area contributed by atoms with E-state index in [1.54, 1.807) is 41.7 Å². The third-order valence-corrected chi connectivity index (χ3v) is 9.37. The molecule has 214 valence electrons. The highest BCUT2D eigenvalue weighted by atomic mass is 35.5. The number of hydrogen-bond donors (Lipinski definition) is 1. The second-order valence-electron chi connectivity index (χ2n) is 10.1. The van der Waals surface area contributed by atoms with Crippen molar-refractivity contribution in [2.45, 2.75) is 45.6 Å². The van der Waals surface area contributed by atoms with Crippen LogP contribution in [0.3, 0.4) is 0 Å². The van der Waals surface area contributed by atoms with E-state index < -0.39 is 37.0 Å². The average molecular weight is 594 g/mol. The molecule has 12 heteroatoms. The van der Waals surface area contributed by atoms with Crippen molar-refractivity contribution >= 4 is 47.2 Å². The lowest BCUT2D eigenvalue weighted by molar-refractivity contribution is -0.139. The molecule has 1 saturated heterocycles. The Balaban J connectivity index is 1.54. The van der Waals surface area contributed by atoms with Gasteiger partial charge in [0.25, 0.3) is 0 Å². The number of rotatable bonds is 10. The van der Waals surface area contributed by atoms with Gasteiger partial charge in [-0.2, -0.15) is 0 Å². The maximum atomic E-state index is 14.4. The van der Waals surface area contributed by atoms with Gasteiger partial charge in [0, 0.05) is 47.9 Å². The SMILES string of the molecule is CCP(C)(=O)COc1ccc2c(C(C)=O)cn(CC(=O)N3C[C@H](F)C[C@H]3C(=O)NCc3cccc(Cl)c3F)c2c1. The number of hydrogen-bond acceptors (Lipinski definition) is 5. The molecule has 0 radical (unpaired) electrons. The molecule has 1 aromatic heterocycles. The highest BCUT2D eigenvalue weighted by Crippen LogP contribution is 2.40. The Kier molecular flexibility index (Phi) is 9.00. The lowest BCUT2D eigenvalue weighted by Gasteiger charge is -2.24. The fourth-order valence-electron chi connectivity index (χ4n) is 4.61. The molecule has 2 amide bonds. The number of ketones is 1. The van der Waals surface area contributed by atoms with Gasteiger partial charge in [0.05, 0.1) is 17.1 Å². The topological polar surface area (TPSA) is 97.7 Å². The van der Waals surface area contributed by atoms with E-state index in [0.29, 0.717) is 28.4 Å². The van der Waals surface area contributed by atoms with E-state index in [9.17, 15) is 27.7 Å². The number of nitrogens with one attached hydrogen (secondary N) is 1. The summed E-state index contributed by atoms with van der Waals surface area (Å²) in [6.07, 6.45) is 0.497. The van der Waals surface area contributed by atoms with Crippen molar-refractivity contribution in [1.82, 2.24) is 14.8 Å². The van der Waals surface area contributed by atoms with Crippen molar-refractivity contribution in [3.8, 4) is 5.75 Å². The molecule has 0 saturated carbocycles. The summed E-state index contributed by atoms with van der Waals surface area (Å²) in [5, 5.41) is 3.09. The van der Waals surface area contributed by atoms with E-state index in [4.69, 9.17) is 16.3 Å². The smallest absolute Gasteiger partial charge is 0.243 e.